The number of halogens is 1. The van der Waals surface area contributed by atoms with Crippen molar-refractivity contribution in [2.75, 3.05) is 5.32 Å². The number of hydrogen-bond donors (Lipinski definition) is 3. The third kappa shape index (κ3) is 3.08. The minimum atomic E-state index is -0.155. The Balaban J connectivity index is 2.11. The zero-order chi connectivity index (χ0) is 13.0. The minimum Gasteiger partial charge on any atom is -0.392 e. The number of aliphatic hydroxyl groups is 1. The van der Waals surface area contributed by atoms with Crippen molar-refractivity contribution < 1.29 is 5.11 Å². The molecule has 2 aromatic rings. The fourth-order valence-corrected chi connectivity index (χ4v) is 2.02. The highest BCUT2D eigenvalue weighted by Gasteiger charge is 2.04. The topological polar surface area (TPSA) is 78.0 Å². The number of nitrogens with one attached hydrogen (secondary N) is 2. The van der Waals surface area contributed by atoms with Crippen LogP contribution in [0.25, 0.3) is 0 Å². The number of aliphatic hydroxyl groups excluding tert-OH is 1. The SMILES string of the molecule is O=c1[nH]cnc(NCc2cccc(CO)c2)c1I. The summed E-state index contributed by atoms with van der Waals surface area (Å²) in [5.74, 6) is 0.564. The van der Waals surface area contributed by atoms with E-state index >= 15 is 0 Å². The summed E-state index contributed by atoms with van der Waals surface area (Å²) in [6, 6.07) is 7.61. The van der Waals surface area contributed by atoms with Gasteiger partial charge in [0.1, 0.15) is 9.39 Å². The van der Waals surface area contributed by atoms with Crippen molar-refractivity contribution in [1.29, 1.82) is 0 Å². The number of H-pyrrole nitrogens is 1. The largest absolute Gasteiger partial charge is 0.392 e. The highest BCUT2D eigenvalue weighted by Crippen LogP contribution is 2.11. The van der Waals surface area contributed by atoms with Gasteiger partial charge in [-0.25, -0.2) is 4.98 Å². The normalized spacial score (nSPS) is 10.3. The van der Waals surface area contributed by atoms with Gasteiger partial charge in [0.2, 0.25) is 0 Å². The van der Waals surface area contributed by atoms with Crippen LogP contribution < -0.4 is 10.9 Å². The summed E-state index contributed by atoms with van der Waals surface area (Å²) in [7, 11) is 0. The highest BCUT2D eigenvalue weighted by atomic mass is 127. The van der Waals surface area contributed by atoms with Crippen molar-refractivity contribution in [3.8, 4) is 0 Å². The Kier molecular flexibility index (Phi) is 4.32. The van der Waals surface area contributed by atoms with Gasteiger partial charge in [0.25, 0.3) is 5.56 Å². The fraction of sp³-hybridized carbons (Fsp3) is 0.167. The molecular formula is C12H12IN3O2. The Morgan fingerprint density at radius 2 is 2.17 bits per heavy atom. The highest BCUT2D eigenvalue weighted by molar-refractivity contribution is 14.1. The molecule has 0 aliphatic heterocycles. The first-order chi connectivity index (χ1) is 8.70. The van der Waals surface area contributed by atoms with Gasteiger partial charge >= 0.3 is 0 Å². The average molecular weight is 357 g/mol. The second-order valence-electron chi connectivity index (χ2n) is 3.73. The van der Waals surface area contributed by atoms with Gasteiger partial charge in [-0.15, -0.1) is 0 Å². The number of aromatic nitrogens is 2. The van der Waals surface area contributed by atoms with E-state index < -0.39 is 0 Å². The van der Waals surface area contributed by atoms with Crippen LogP contribution in [0.1, 0.15) is 11.1 Å². The fourth-order valence-electron chi connectivity index (χ4n) is 1.53. The van der Waals surface area contributed by atoms with Crippen molar-refractivity contribution in [3.63, 3.8) is 0 Å². The first-order valence-electron chi connectivity index (χ1n) is 5.36. The molecular weight excluding hydrogens is 345 g/mol. The van der Waals surface area contributed by atoms with E-state index in [2.05, 4.69) is 15.3 Å². The molecule has 1 aromatic heterocycles. The molecule has 18 heavy (non-hydrogen) atoms. The Hall–Kier alpha value is -1.41. The van der Waals surface area contributed by atoms with Crippen LogP contribution in [0.5, 0.6) is 0 Å². The molecule has 94 valence electrons. The van der Waals surface area contributed by atoms with E-state index in [1.165, 1.54) is 6.33 Å². The lowest BCUT2D eigenvalue weighted by molar-refractivity contribution is 0.281. The van der Waals surface area contributed by atoms with Crippen LogP contribution >= 0.6 is 22.6 Å². The number of aromatic amines is 1. The minimum absolute atomic E-state index is 0.0224. The molecule has 0 spiro atoms. The van der Waals surface area contributed by atoms with E-state index in [0.29, 0.717) is 15.9 Å². The predicted molar refractivity (Wildman–Crippen MR) is 77.3 cm³/mol. The molecule has 0 fully saturated rings. The summed E-state index contributed by atoms with van der Waals surface area (Å²) in [4.78, 5) is 18.0. The van der Waals surface area contributed by atoms with Crippen molar-refractivity contribution in [2.45, 2.75) is 13.2 Å². The van der Waals surface area contributed by atoms with E-state index in [-0.39, 0.29) is 12.2 Å². The summed E-state index contributed by atoms with van der Waals surface area (Å²) in [5, 5.41) is 12.1. The molecule has 0 radical (unpaired) electrons. The van der Waals surface area contributed by atoms with Crippen LogP contribution in [0.3, 0.4) is 0 Å². The summed E-state index contributed by atoms with van der Waals surface area (Å²) in [6.07, 6.45) is 1.37. The maximum absolute atomic E-state index is 11.4. The van der Waals surface area contributed by atoms with Crippen LogP contribution in [-0.2, 0) is 13.2 Å². The molecule has 2 rings (SSSR count). The van der Waals surface area contributed by atoms with Gasteiger partial charge in [-0.2, -0.15) is 0 Å². The molecule has 0 bridgehead atoms. The summed E-state index contributed by atoms with van der Waals surface area (Å²) < 4.78 is 0.536. The first-order valence-corrected chi connectivity index (χ1v) is 6.44. The molecule has 1 aromatic carbocycles. The molecule has 5 nitrogen and oxygen atoms in total. The standard InChI is InChI=1S/C12H12IN3O2/c13-10-11(15-7-16-12(10)18)14-5-8-2-1-3-9(4-8)6-17/h1-4,7,17H,5-6H2,(H2,14,15,16,18). The number of nitrogens with zero attached hydrogens (tertiary/aromatic N) is 1. The molecule has 3 N–H and O–H groups in total. The van der Waals surface area contributed by atoms with Crippen LogP contribution in [0.4, 0.5) is 5.82 Å². The van der Waals surface area contributed by atoms with Crippen molar-refractivity contribution in [1.82, 2.24) is 9.97 Å². The molecule has 0 saturated carbocycles. The third-order valence-corrected chi connectivity index (χ3v) is 3.43. The van der Waals surface area contributed by atoms with Crippen LogP contribution in [0, 0.1) is 3.57 Å². The summed E-state index contributed by atoms with van der Waals surface area (Å²) >= 11 is 1.95. The van der Waals surface area contributed by atoms with Crippen LogP contribution in [-0.4, -0.2) is 15.1 Å². The third-order valence-electron chi connectivity index (χ3n) is 2.43. The smallest absolute Gasteiger partial charge is 0.266 e. The van der Waals surface area contributed by atoms with Gasteiger partial charge in [0, 0.05) is 6.54 Å². The number of benzene rings is 1. The molecule has 1 heterocycles. The van der Waals surface area contributed by atoms with E-state index in [0.717, 1.165) is 11.1 Å². The van der Waals surface area contributed by atoms with Crippen LogP contribution in [0.2, 0.25) is 0 Å². The maximum Gasteiger partial charge on any atom is 0.266 e. The quantitative estimate of drug-likeness (QED) is 0.725. The lowest BCUT2D eigenvalue weighted by Gasteiger charge is -2.07. The number of anilines is 1. The zero-order valence-electron chi connectivity index (χ0n) is 9.48. The summed E-state index contributed by atoms with van der Waals surface area (Å²) in [6.45, 7) is 0.578. The predicted octanol–water partition coefficient (Wildman–Crippen LogP) is 1.48. The average Bonchev–Trinajstić information content (AvgIpc) is 2.41. The zero-order valence-corrected chi connectivity index (χ0v) is 11.6. The van der Waals surface area contributed by atoms with E-state index in [1.807, 2.05) is 46.9 Å². The van der Waals surface area contributed by atoms with Gasteiger partial charge in [-0.3, -0.25) is 4.79 Å². The van der Waals surface area contributed by atoms with Gasteiger partial charge < -0.3 is 15.4 Å². The van der Waals surface area contributed by atoms with E-state index in [9.17, 15) is 4.79 Å². The Bertz CT molecular complexity index is 598. The maximum atomic E-state index is 11.4. The van der Waals surface area contributed by atoms with Gasteiger partial charge in [0.15, 0.2) is 0 Å². The number of hydrogen-bond acceptors (Lipinski definition) is 4. The summed E-state index contributed by atoms with van der Waals surface area (Å²) in [5.41, 5.74) is 1.74. The van der Waals surface area contributed by atoms with Gasteiger partial charge in [0.05, 0.1) is 12.9 Å². The molecule has 0 aliphatic rings. The first kappa shape index (κ1) is 13.0. The lowest BCUT2D eigenvalue weighted by Crippen LogP contribution is -2.14. The van der Waals surface area contributed by atoms with Crippen molar-refractivity contribution in [2.24, 2.45) is 0 Å². The van der Waals surface area contributed by atoms with Crippen molar-refractivity contribution >= 4 is 28.4 Å². The number of rotatable bonds is 4. The van der Waals surface area contributed by atoms with Crippen LogP contribution in [0.15, 0.2) is 35.4 Å². The molecule has 0 saturated heterocycles. The van der Waals surface area contributed by atoms with E-state index in [1.54, 1.807) is 0 Å². The second-order valence-corrected chi connectivity index (χ2v) is 4.80. The van der Waals surface area contributed by atoms with E-state index in [4.69, 9.17) is 5.11 Å². The lowest BCUT2D eigenvalue weighted by atomic mass is 10.1. The molecule has 6 heteroatoms. The second kappa shape index (κ2) is 5.96. The Morgan fingerprint density at radius 3 is 2.94 bits per heavy atom. The van der Waals surface area contributed by atoms with Crippen molar-refractivity contribution in [3.05, 3.63) is 55.6 Å². The Morgan fingerprint density at radius 1 is 1.39 bits per heavy atom. The Labute approximate surface area is 117 Å². The molecule has 0 amide bonds. The molecule has 0 unspecified atom stereocenters. The molecule has 0 atom stereocenters. The monoisotopic (exact) mass is 357 g/mol. The van der Waals surface area contributed by atoms with Gasteiger partial charge in [-0.1, -0.05) is 24.3 Å². The van der Waals surface area contributed by atoms with Gasteiger partial charge in [-0.05, 0) is 33.7 Å². The molecule has 0 aliphatic carbocycles.